The zero-order valence-electron chi connectivity index (χ0n) is 14.7. The summed E-state index contributed by atoms with van der Waals surface area (Å²) in [5.41, 5.74) is 1.98. The number of carbonyl (C=O) groups excluding carboxylic acids is 2. The van der Waals surface area contributed by atoms with Crippen LogP contribution in [0.25, 0.3) is 0 Å². The monoisotopic (exact) mass is 355 g/mol. The third kappa shape index (κ3) is 3.39. The van der Waals surface area contributed by atoms with Crippen LogP contribution in [-0.4, -0.2) is 28.9 Å². The molecule has 2 amide bonds. The Kier molecular flexibility index (Phi) is 4.81. The van der Waals surface area contributed by atoms with Crippen molar-refractivity contribution < 1.29 is 9.59 Å². The van der Waals surface area contributed by atoms with Crippen LogP contribution in [-0.2, 0) is 0 Å². The van der Waals surface area contributed by atoms with Gasteiger partial charge in [-0.15, -0.1) is 0 Å². The number of fused-ring (bicyclic) bond motifs is 2. The molecule has 0 fully saturated rings. The number of anilines is 1. The lowest BCUT2D eigenvalue weighted by Crippen LogP contribution is -2.37. The van der Waals surface area contributed by atoms with Crippen molar-refractivity contribution in [2.45, 2.75) is 49.7 Å². The van der Waals surface area contributed by atoms with Gasteiger partial charge < -0.3 is 10.2 Å². The van der Waals surface area contributed by atoms with Crippen LogP contribution in [0.15, 0.2) is 46.5 Å². The van der Waals surface area contributed by atoms with Gasteiger partial charge in [0.15, 0.2) is 0 Å². The Morgan fingerprint density at radius 1 is 1.20 bits per heavy atom. The molecule has 1 aliphatic heterocycles. The van der Waals surface area contributed by atoms with Gasteiger partial charge in [-0.1, -0.05) is 11.8 Å². The van der Waals surface area contributed by atoms with Crippen molar-refractivity contribution in [3.63, 3.8) is 0 Å². The summed E-state index contributed by atoms with van der Waals surface area (Å²) in [5.74, 6) is -0.185. The van der Waals surface area contributed by atoms with Gasteiger partial charge in [-0.05, 0) is 58.0 Å². The Morgan fingerprint density at radius 2 is 1.96 bits per heavy atom. The van der Waals surface area contributed by atoms with Gasteiger partial charge in [0.1, 0.15) is 5.03 Å². The standard InChI is InChI=1S/C19H21N3O2S/c1-11(2)21-17(23)13-7-8-15-16(10-13)25-18-14(6-5-9-20-18)19(24)22(15)12(3)4/h5-12H,1-4H3,(H,21,23). The summed E-state index contributed by atoms with van der Waals surface area (Å²) in [4.78, 5) is 32.3. The van der Waals surface area contributed by atoms with Gasteiger partial charge >= 0.3 is 0 Å². The first-order chi connectivity index (χ1) is 11.9. The van der Waals surface area contributed by atoms with Gasteiger partial charge in [-0.3, -0.25) is 9.59 Å². The van der Waals surface area contributed by atoms with Crippen LogP contribution in [0.1, 0.15) is 48.4 Å². The van der Waals surface area contributed by atoms with Gasteiger partial charge in [0.05, 0.1) is 11.3 Å². The second-order valence-corrected chi connectivity index (χ2v) is 7.57. The number of amides is 2. The maximum Gasteiger partial charge on any atom is 0.261 e. The van der Waals surface area contributed by atoms with E-state index in [4.69, 9.17) is 0 Å². The average molecular weight is 355 g/mol. The number of benzene rings is 1. The van der Waals surface area contributed by atoms with E-state index in [0.717, 1.165) is 10.6 Å². The van der Waals surface area contributed by atoms with Crippen molar-refractivity contribution in [3.05, 3.63) is 47.7 Å². The van der Waals surface area contributed by atoms with Crippen LogP contribution in [0.2, 0.25) is 0 Å². The highest BCUT2D eigenvalue weighted by molar-refractivity contribution is 7.99. The molecule has 1 aliphatic rings. The molecule has 3 rings (SSSR count). The highest BCUT2D eigenvalue weighted by atomic mass is 32.2. The Balaban J connectivity index is 2.11. The average Bonchev–Trinajstić information content (AvgIpc) is 2.67. The largest absolute Gasteiger partial charge is 0.350 e. The molecule has 0 saturated carbocycles. The molecule has 0 radical (unpaired) electrons. The molecule has 1 aromatic carbocycles. The molecule has 1 aromatic heterocycles. The van der Waals surface area contributed by atoms with E-state index >= 15 is 0 Å². The third-order valence-electron chi connectivity index (χ3n) is 3.84. The molecule has 1 N–H and O–H groups in total. The number of carbonyl (C=O) groups is 2. The molecule has 0 bridgehead atoms. The number of hydrogen-bond donors (Lipinski definition) is 1. The van der Waals surface area contributed by atoms with Gasteiger partial charge in [0.25, 0.3) is 11.8 Å². The Bertz CT molecular complexity index is 833. The lowest BCUT2D eigenvalue weighted by Gasteiger charge is -2.27. The quantitative estimate of drug-likeness (QED) is 0.911. The lowest BCUT2D eigenvalue weighted by molar-refractivity contribution is 0.0941. The van der Waals surface area contributed by atoms with Crippen molar-refractivity contribution >= 4 is 29.3 Å². The van der Waals surface area contributed by atoms with E-state index < -0.39 is 0 Å². The van der Waals surface area contributed by atoms with Crippen molar-refractivity contribution in [3.8, 4) is 0 Å². The molecule has 5 nitrogen and oxygen atoms in total. The molecule has 2 aromatic rings. The number of nitrogens with one attached hydrogen (secondary N) is 1. The van der Waals surface area contributed by atoms with E-state index in [-0.39, 0.29) is 23.9 Å². The number of pyridine rings is 1. The van der Waals surface area contributed by atoms with Crippen LogP contribution >= 0.6 is 11.8 Å². The summed E-state index contributed by atoms with van der Waals surface area (Å²) >= 11 is 1.43. The Morgan fingerprint density at radius 3 is 2.64 bits per heavy atom. The number of nitrogens with zero attached hydrogens (tertiary/aromatic N) is 2. The predicted molar refractivity (Wildman–Crippen MR) is 99.3 cm³/mol. The first-order valence-corrected chi connectivity index (χ1v) is 9.11. The number of hydrogen-bond acceptors (Lipinski definition) is 4. The minimum absolute atomic E-state index is 0.00616. The highest BCUT2D eigenvalue weighted by Crippen LogP contribution is 2.41. The summed E-state index contributed by atoms with van der Waals surface area (Å²) in [6, 6.07) is 9.08. The van der Waals surface area contributed by atoms with E-state index in [1.54, 1.807) is 29.3 Å². The summed E-state index contributed by atoms with van der Waals surface area (Å²) in [7, 11) is 0. The van der Waals surface area contributed by atoms with Crippen molar-refractivity contribution in [2.75, 3.05) is 4.90 Å². The topological polar surface area (TPSA) is 62.3 Å². The molecule has 0 unspecified atom stereocenters. The lowest BCUT2D eigenvalue weighted by atomic mass is 10.1. The first-order valence-electron chi connectivity index (χ1n) is 8.30. The molecule has 0 saturated heterocycles. The minimum Gasteiger partial charge on any atom is -0.350 e. The fraction of sp³-hybridized carbons (Fsp3) is 0.316. The van der Waals surface area contributed by atoms with Crippen molar-refractivity contribution in [2.24, 2.45) is 0 Å². The molecule has 130 valence electrons. The molecule has 2 heterocycles. The Hall–Kier alpha value is -2.34. The predicted octanol–water partition coefficient (Wildman–Crippen LogP) is 3.74. The maximum atomic E-state index is 13.0. The summed E-state index contributed by atoms with van der Waals surface area (Å²) < 4.78 is 0. The fourth-order valence-electron chi connectivity index (χ4n) is 2.77. The maximum absolute atomic E-state index is 13.0. The second kappa shape index (κ2) is 6.88. The Labute approximate surface area is 151 Å². The van der Waals surface area contributed by atoms with E-state index in [1.165, 1.54) is 11.8 Å². The SMILES string of the molecule is CC(C)NC(=O)c1ccc2c(c1)Sc1ncccc1C(=O)N2C(C)C. The smallest absolute Gasteiger partial charge is 0.261 e. The first kappa shape index (κ1) is 17.5. The van der Waals surface area contributed by atoms with Gasteiger partial charge in [-0.2, -0.15) is 0 Å². The van der Waals surface area contributed by atoms with E-state index in [9.17, 15) is 9.59 Å². The van der Waals surface area contributed by atoms with E-state index in [0.29, 0.717) is 16.2 Å². The third-order valence-corrected chi connectivity index (χ3v) is 4.91. The minimum atomic E-state index is -0.119. The summed E-state index contributed by atoms with van der Waals surface area (Å²) in [6.45, 7) is 7.81. The molecular formula is C19H21N3O2S. The van der Waals surface area contributed by atoms with Crippen LogP contribution in [0.5, 0.6) is 0 Å². The fourth-order valence-corrected chi connectivity index (χ4v) is 3.82. The second-order valence-electron chi connectivity index (χ2n) is 6.54. The zero-order chi connectivity index (χ0) is 18.1. The van der Waals surface area contributed by atoms with Gasteiger partial charge in [0, 0.05) is 28.7 Å². The number of aromatic nitrogens is 1. The zero-order valence-corrected chi connectivity index (χ0v) is 15.6. The van der Waals surface area contributed by atoms with Crippen LogP contribution < -0.4 is 10.2 Å². The van der Waals surface area contributed by atoms with E-state index in [2.05, 4.69) is 10.3 Å². The van der Waals surface area contributed by atoms with Crippen molar-refractivity contribution in [1.29, 1.82) is 0 Å². The number of rotatable bonds is 3. The normalized spacial score (nSPS) is 13.5. The van der Waals surface area contributed by atoms with E-state index in [1.807, 2.05) is 39.8 Å². The molecule has 25 heavy (non-hydrogen) atoms. The van der Waals surface area contributed by atoms with Crippen LogP contribution in [0.4, 0.5) is 5.69 Å². The van der Waals surface area contributed by atoms with Gasteiger partial charge in [0.2, 0.25) is 0 Å². The summed E-state index contributed by atoms with van der Waals surface area (Å²) in [5, 5.41) is 3.56. The van der Waals surface area contributed by atoms with Crippen molar-refractivity contribution in [1.82, 2.24) is 10.3 Å². The molecule has 0 aliphatic carbocycles. The molecule has 0 atom stereocenters. The van der Waals surface area contributed by atoms with Crippen LogP contribution in [0.3, 0.4) is 0 Å². The summed E-state index contributed by atoms with van der Waals surface area (Å²) in [6.07, 6.45) is 1.68. The highest BCUT2D eigenvalue weighted by Gasteiger charge is 2.30. The van der Waals surface area contributed by atoms with Crippen LogP contribution in [0, 0.1) is 0 Å². The van der Waals surface area contributed by atoms with Gasteiger partial charge in [-0.25, -0.2) is 4.98 Å². The molecule has 6 heteroatoms. The molecule has 0 spiro atoms. The molecular weight excluding hydrogens is 334 g/mol.